The van der Waals surface area contributed by atoms with E-state index < -0.39 is 0 Å². The molecule has 0 aromatic heterocycles. The summed E-state index contributed by atoms with van der Waals surface area (Å²) in [7, 11) is 0. The summed E-state index contributed by atoms with van der Waals surface area (Å²) in [5, 5.41) is 0. The van der Waals surface area contributed by atoms with Gasteiger partial charge in [-0.3, -0.25) is 0 Å². The van der Waals surface area contributed by atoms with Crippen molar-refractivity contribution in [3.8, 4) is 11.1 Å². The van der Waals surface area contributed by atoms with Gasteiger partial charge in [-0.25, -0.2) is 0 Å². The van der Waals surface area contributed by atoms with Crippen molar-refractivity contribution < 1.29 is 4.74 Å². The number of benzene rings is 3. The van der Waals surface area contributed by atoms with Gasteiger partial charge in [0, 0.05) is 34.5 Å². The molecule has 6 unspecified atom stereocenters. The molecule has 0 N–H and O–H groups in total. The summed E-state index contributed by atoms with van der Waals surface area (Å²) in [6.45, 7) is 4.82. The molecule has 7 aliphatic carbocycles. The molecule has 0 aliphatic heterocycles. The topological polar surface area (TPSA) is 12.5 Å². The van der Waals surface area contributed by atoms with Crippen molar-refractivity contribution in [1.82, 2.24) is 0 Å². The molecule has 0 bridgehead atoms. The van der Waals surface area contributed by atoms with Gasteiger partial charge in [0.05, 0.1) is 12.0 Å². The van der Waals surface area contributed by atoms with E-state index in [-0.39, 0.29) is 23.3 Å². The number of fused-ring (bicyclic) bond motifs is 4. The van der Waals surface area contributed by atoms with E-state index in [1.807, 2.05) is 0 Å². The first-order valence-corrected chi connectivity index (χ1v) is 21.7. The first kappa shape index (κ1) is 36.0. The molecule has 286 valence electrons. The molecule has 10 rings (SSSR count). The molecule has 0 spiro atoms. The summed E-state index contributed by atoms with van der Waals surface area (Å²) in [5.41, 5.74) is 12.8. The van der Waals surface area contributed by atoms with Gasteiger partial charge >= 0.3 is 0 Å². The molecule has 3 aromatic rings. The van der Waals surface area contributed by atoms with Crippen LogP contribution in [0.4, 0.5) is 5.69 Å². The molecule has 2 heteroatoms. The zero-order valence-corrected chi connectivity index (χ0v) is 33.6. The van der Waals surface area contributed by atoms with Crippen molar-refractivity contribution in [2.24, 2.45) is 17.8 Å². The molecule has 0 saturated carbocycles. The fourth-order valence-corrected chi connectivity index (χ4v) is 11.1. The second-order valence-corrected chi connectivity index (χ2v) is 17.6. The maximum atomic E-state index is 7.05. The molecule has 0 heterocycles. The molecule has 2 nitrogen and oxygen atoms in total. The van der Waals surface area contributed by atoms with Crippen molar-refractivity contribution in [3.63, 3.8) is 0 Å². The van der Waals surface area contributed by atoms with Crippen LogP contribution in [0.1, 0.15) is 82.3 Å². The maximum absolute atomic E-state index is 7.05. The lowest BCUT2D eigenvalue weighted by atomic mass is 9.70. The van der Waals surface area contributed by atoms with Crippen LogP contribution in [0.5, 0.6) is 0 Å². The van der Waals surface area contributed by atoms with Gasteiger partial charge in [0.2, 0.25) is 0 Å². The SMILES string of the molecule is CC1(C)C2=CC(C3C(OC4=CCC(N(c5ccccc5-c5ccccc5)C5CC=C(C6C=CCCC6)CC5)C=C4)=CC=C4C=CC=CC43)=CCC2c2ccccc21. The number of allylic oxidation sites excluding steroid dienone is 15. The lowest BCUT2D eigenvalue weighted by Crippen LogP contribution is -2.44. The van der Waals surface area contributed by atoms with Gasteiger partial charge < -0.3 is 9.64 Å². The second-order valence-electron chi connectivity index (χ2n) is 17.6. The highest BCUT2D eigenvalue weighted by molar-refractivity contribution is 5.79. The molecule has 0 saturated heterocycles. The first-order valence-electron chi connectivity index (χ1n) is 21.7. The zero-order valence-electron chi connectivity index (χ0n) is 33.6. The predicted octanol–water partition coefficient (Wildman–Crippen LogP) is 13.7. The van der Waals surface area contributed by atoms with Crippen molar-refractivity contribution >= 4 is 5.69 Å². The fourth-order valence-electron chi connectivity index (χ4n) is 11.1. The van der Waals surface area contributed by atoms with Crippen molar-refractivity contribution in [3.05, 3.63) is 209 Å². The largest absolute Gasteiger partial charge is 0.461 e. The number of ether oxygens (including phenoxy) is 1. The highest BCUT2D eigenvalue weighted by atomic mass is 16.5. The van der Waals surface area contributed by atoms with Gasteiger partial charge in [-0.15, -0.1) is 0 Å². The minimum Gasteiger partial charge on any atom is -0.461 e. The van der Waals surface area contributed by atoms with Crippen LogP contribution in [-0.4, -0.2) is 12.1 Å². The standard InChI is InChI=1S/C55H55NO/c1-55(2)50-23-13-11-22-48(50)49-35-27-42(37-51(49)55)54-47-21-10-9-19-41(47)28-36-53(54)57-45-33-31-44(32-34-45)56(43-29-25-39(26-30-43)38-15-5-3-6-16-38)52-24-14-12-20-46(52)40-17-7-4-8-18-40/h4-5,7-15,17-25,27-28,31,33-34,36-38,43-44,47,49,54H,3,6,16,26,29-30,32,35H2,1-2H3. The summed E-state index contributed by atoms with van der Waals surface area (Å²) < 4.78 is 7.05. The van der Waals surface area contributed by atoms with Crippen LogP contribution < -0.4 is 4.90 Å². The van der Waals surface area contributed by atoms with Gasteiger partial charge in [-0.05, 0) is 109 Å². The Labute approximate surface area is 340 Å². The Hall–Kier alpha value is -5.34. The van der Waals surface area contributed by atoms with Gasteiger partial charge in [0.1, 0.15) is 11.5 Å². The summed E-state index contributed by atoms with van der Waals surface area (Å²) in [5.74, 6) is 3.47. The maximum Gasteiger partial charge on any atom is 0.122 e. The molecular formula is C55H55NO. The van der Waals surface area contributed by atoms with Crippen LogP contribution in [0.3, 0.4) is 0 Å². The first-order chi connectivity index (χ1) is 28.0. The molecular weight excluding hydrogens is 691 g/mol. The molecule has 3 aromatic carbocycles. The Kier molecular flexibility index (Phi) is 9.61. The Morgan fingerprint density at radius 3 is 2.42 bits per heavy atom. The minimum absolute atomic E-state index is 0.0123. The molecule has 0 fully saturated rings. The number of rotatable bonds is 8. The highest BCUT2D eigenvalue weighted by Crippen LogP contribution is 2.55. The normalized spacial score (nSPS) is 28.1. The van der Waals surface area contributed by atoms with Crippen LogP contribution in [0.25, 0.3) is 11.1 Å². The molecule has 0 radical (unpaired) electrons. The third-order valence-electron chi connectivity index (χ3n) is 14.0. The van der Waals surface area contributed by atoms with Crippen LogP contribution in [0, 0.1) is 17.8 Å². The quantitative estimate of drug-likeness (QED) is 0.213. The summed E-state index contributed by atoms with van der Waals surface area (Å²) in [4.78, 5) is 2.75. The molecule has 7 aliphatic rings. The summed E-state index contributed by atoms with van der Waals surface area (Å²) in [6, 6.07) is 29.8. The Bertz CT molecular complexity index is 2350. The Morgan fingerprint density at radius 1 is 0.737 bits per heavy atom. The second kappa shape index (κ2) is 15.2. The number of hydrogen-bond acceptors (Lipinski definition) is 2. The number of nitrogens with zero attached hydrogens (tertiary/aromatic N) is 1. The Morgan fingerprint density at radius 2 is 1.60 bits per heavy atom. The van der Waals surface area contributed by atoms with Gasteiger partial charge in [-0.1, -0.05) is 165 Å². The van der Waals surface area contributed by atoms with E-state index in [1.165, 1.54) is 71.2 Å². The average molecular weight is 746 g/mol. The lowest BCUT2D eigenvalue weighted by molar-refractivity contribution is 0.259. The van der Waals surface area contributed by atoms with E-state index in [0.717, 1.165) is 30.8 Å². The number of para-hydroxylation sites is 1. The average Bonchev–Trinajstić information content (AvgIpc) is 3.50. The summed E-state index contributed by atoms with van der Waals surface area (Å²) in [6.07, 6.45) is 42.4. The third-order valence-corrected chi connectivity index (χ3v) is 14.0. The van der Waals surface area contributed by atoms with Crippen molar-refractivity contribution in [2.45, 2.75) is 88.6 Å². The third kappa shape index (κ3) is 6.71. The highest BCUT2D eigenvalue weighted by Gasteiger charge is 2.44. The molecule has 6 atom stereocenters. The van der Waals surface area contributed by atoms with Gasteiger partial charge in [-0.2, -0.15) is 0 Å². The van der Waals surface area contributed by atoms with E-state index in [0.29, 0.717) is 17.9 Å². The minimum atomic E-state index is 0.0123. The smallest absolute Gasteiger partial charge is 0.122 e. The van der Waals surface area contributed by atoms with E-state index in [9.17, 15) is 0 Å². The molecule has 0 amide bonds. The lowest BCUT2D eigenvalue weighted by Gasteiger charge is -2.42. The van der Waals surface area contributed by atoms with Gasteiger partial charge in [0.15, 0.2) is 0 Å². The van der Waals surface area contributed by atoms with E-state index in [2.05, 4.69) is 183 Å². The number of anilines is 1. The van der Waals surface area contributed by atoms with Crippen molar-refractivity contribution in [1.29, 1.82) is 0 Å². The van der Waals surface area contributed by atoms with E-state index in [1.54, 1.807) is 11.1 Å². The van der Waals surface area contributed by atoms with Crippen LogP contribution in [-0.2, 0) is 10.2 Å². The van der Waals surface area contributed by atoms with Crippen LogP contribution >= 0.6 is 0 Å². The summed E-state index contributed by atoms with van der Waals surface area (Å²) >= 11 is 0. The van der Waals surface area contributed by atoms with Crippen LogP contribution in [0.15, 0.2) is 198 Å². The van der Waals surface area contributed by atoms with E-state index in [4.69, 9.17) is 4.74 Å². The fraction of sp³-hybridized carbons (Fsp3) is 0.309. The molecule has 57 heavy (non-hydrogen) atoms. The van der Waals surface area contributed by atoms with E-state index >= 15 is 0 Å². The van der Waals surface area contributed by atoms with Crippen molar-refractivity contribution in [2.75, 3.05) is 4.90 Å². The predicted molar refractivity (Wildman–Crippen MR) is 238 cm³/mol. The Balaban J connectivity index is 0.937. The zero-order chi connectivity index (χ0) is 38.3. The number of hydrogen-bond donors (Lipinski definition) is 0. The van der Waals surface area contributed by atoms with Crippen LogP contribution in [0.2, 0.25) is 0 Å². The van der Waals surface area contributed by atoms with Gasteiger partial charge in [0.25, 0.3) is 0 Å². The monoisotopic (exact) mass is 745 g/mol.